The van der Waals surface area contributed by atoms with Gasteiger partial charge in [0.25, 0.3) is 0 Å². The first-order valence-corrected chi connectivity index (χ1v) is 9.81. The van der Waals surface area contributed by atoms with Crippen molar-refractivity contribution < 1.29 is 13.6 Å². The molecule has 2 unspecified atom stereocenters. The number of fused-ring (bicyclic) bond motifs is 2. The zero-order valence-corrected chi connectivity index (χ0v) is 15.9. The van der Waals surface area contributed by atoms with Crippen LogP contribution in [-0.4, -0.2) is 29.3 Å². The summed E-state index contributed by atoms with van der Waals surface area (Å²) in [5.41, 5.74) is 3.18. The highest BCUT2D eigenvalue weighted by atomic mass is 19.1. The predicted molar refractivity (Wildman–Crippen MR) is 108 cm³/mol. The predicted octanol–water partition coefficient (Wildman–Crippen LogP) is 5.26. The molecule has 2 aliphatic heterocycles. The zero-order valence-electron chi connectivity index (χ0n) is 15.9. The van der Waals surface area contributed by atoms with E-state index in [-0.39, 0.29) is 29.5 Å². The third-order valence-corrected chi connectivity index (χ3v) is 5.62. The van der Waals surface area contributed by atoms with E-state index in [0.29, 0.717) is 0 Å². The van der Waals surface area contributed by atoms with Gasteiger partial charge >= 0.3 is 0 Å². The number of piperidine rings is 1. The Bertz CT molecular complexity index is 855. The normalized spacial score (nSPS) is 25.0. The van der Waals surface area contributed by atoms with Crippen molar-refractivity contribution in [3.63, 3.8) is 0 Å². The van der Waals surface area contributed by atoms with Crippen molar-refractivity contribution in [1.29, 1.82) is 0 Å². The van der Waals surface area contributed by atoms with E-state index in [1.165, 1.54) is 24.3 Å². The van der Waals surface area contributed by atoms with Gasteiger partial charge in [0.15, 0.2) is 5.78 Å². The summed E-state index contributed by atoms with van der Waals surface area (Å²) in [6, 6.07) is 12.7. The maximum atomic E-state index is 13.4. The molecule has 2 nitrogen and oxygen atoms in total. The molecule has 144 valence electrons. The third kappa shape index (κ3) is 3.57. The lowest BCUT2D eigenvalue weighted by molar-refractivity contribution is -0.114. The number of hydrogen-bond donors (Lipinski definition) is 0. The third-order valence-electron chi connectivity index (χ3n) is 5.62. The Balaban J connectivity index is 1.77. The van der Waals surface area contributed by atoms with Gasteiger partial charge in [0.1, 0.15) is 11.6 Å². The lowest BCUT2D eigenvalue weighted by Crippen LogP contribution is -2.46. The quantitative estimate of drug-likeness (QED) is 0.676. The summed E-state index contributed by atoms with van der Waals surface area (Å²) in [6.07, 6.45) is 6.67. The lowest BCUT2D eigenvalue weighted by Gasteiger charge is -2.37. The number of nitrogens with zero attached hydrogens (tertiary/aromatic N) is 1. The Morgan fingerprint density at radius 1 is 0.857 bits per heavy atom. The molecule has 0 spiro atoms. The summed E-state index contributed by atoms with van der Waals surface area (Å²) in [4.78, 5) is 15.8. The van der Waals surface area contributed by atoms with Gasteiger partial charge in [-0.2, -0.15) is 0 Å². The molecule has 4 heteroatoms. The summed E-state index contributed by atoms with van der Waals surface area (Å²) in [5.74, 6) is -0.529. The lowest BCUT2D eigenvalue weighted by atomic mass is 9.88. The van der Waals surface area contributed by atoms with E-state index >= 15 is 0 Å². The fourth-order valence-corrected chi connectivity index (χ4v) is 4.37. The van der Waals surface area contributed by atoms with Crippen molar-refractivity contribution in [2.24, 2.45) is 0 Å². The summed E-state index contributed by atoms with van der Waals surface area (Å²) in [6.45, 7) is 3.06. The topological polar surface area (TPSA) is 20.3 Å². The summed E-state index contributed by atoms with van der Waals surface area (Å²) in [7, 11) is 0. The maximum absolute atomic E-state index is 13.4. The minimum absolute atomic E-state index is 0.0495. The average molecular weight is 379 g/mol. The van der Waals surface area contributed by atoms with Gasteiger partial charge in [-0.05, 0) is 73.4 Å². The molecular weight excluding hydrogens is 356 g/mol. The molecule has 2 saturated heterocycles. The average Bonchev–Trinajstić information content (AvgIpc) is 3.04. The smallest absolute Gasteiger partial charge is 0.188 e. The van der Waals surface area contributed by atoms with Crippen molar-refractivity contribution in [3.05, 3.63) is 82.4 Å². The number of carbonyl (C=O) groups excluding carboxylic acids is 1. The molecule has 2 aliphatic rings. The van der Waals surface area contributed by atoms with Crippen LogP contribution in [0, 0.1) is 11.6 Å². The molecule has 2 atom stereocenters. The number of Topliss-reactive ketones (excluding diaryl/α,β-unsaturated/α-hetero) is 1. The first kappa shape index (κ1) is 18.8. The van der Waals surface area contributed by atoms with E-state index in [9.17, 15) is 13.6 Å². The van der Waals surface area contributed by atoms with Crippen molar-refractivity contribution in [1.82, 2.24) is 4.90 Å². The van der Waals surface area contributed by atoms with Crippen molar-refractivity contribution in [2.45, 2.75) is 38.3 Å². The van der Waals surface area contributed by atoms with Gasteiger partial charge < -0.3 is 0 Å². The Kier molecular flexibility index (Phi) is 5.23. The zero-order chi connectivity index (χ0) is 19.7. The number of ketones is 1. The molecule has 2 aromatic rings. The van der Waals surface area contributed by atoms with Gasteiger partial charge in [0, 0.05) is 23.2 Å². The van der Waals surface area contributed by atoms with Crippen molar-refractivity contribution in [2.75, 3.05) is 6.54 Å². The van der Waals surface area contributed by atoms with Crippen LogP contribution in [0.2, 0.25) is 0 Å². The van der Waals surface area contributed by atoms with Gasteiger partial charge in [-0.15, -0.1) is 0 Å². The first-order valence-electron chi connectivity index (χ1n) is 9.81. The van der Waals surface area contributed by atoms with Crippen LogP contribution in [0.15, 0.2) is 59.7 Å². The van der Waals surface area contributed by atoms with Crippen LogP contribution in [0.3, 0.4) is 0 Å². The number of benzene rings is 2. The van der Waals surface area contributed by atoms with E-state index in [1.807, 2.05) is 12.2 Å². The van der Waals surface area contributed by atoms with Crippen LogP contribution in [0.1, 0.15) is 37.3 Å². The van der Waals surface area contributed by atoms with E-state index in [0.717, 1.165) is 48.1 Å². The van der Waals surface area contributed by atoms with Gasteiger partial charge in [0.2, 0.25) is 0 Å². The van der Waals surface area contributed by atoms with E-state index in [1.54, 1.807) is 24.3 Å². The highest BCUT2D eigenvalue weighted by Crippen LogP contribution is 2.41. The number of carbonyl (C=O) groups is 1. The minimum atomic E-state index is -0.289. The van der Waals surface area contributed by atoms with Crippen LogP contribution < -0.4 is 0 Å². The molecule has 0 aromatic heterocycles. The van der Waals surface area contributed by atoms with E-state index < -0.39 is 0 Å². The molecule has 0 aliphatic carbocycles. The van der Waals surface area contributed by atoms with Gasteiger partial charge in [0.05, 0.1) is 0 Å². The van der Waals surface area contributed by atoms with Crippen LogP contribution in [-0.2, 0) is 4.79 Å². The SMILES string of the molecule is CCCN1C2CCC1/C(=C\c1ccc(F)cc1)C(=O)/C2=C/c1ccc(F)cc1. The number of rotatable bonds is 4. The van der Waals surface area contributed by atoms with Crippen LogP contribution >= 0.6 is 0 Å². The summed E-state index contributed by atoms with van der Waals surface area (Å²) >= 11 is 0. The summed E-state index contributed by atoms with van der Waals surface area (Å²) in [5, 5.41) is 0. The van der Waals surface area contributed by atoms with E-state index in [2.05, 4.69) is 11.8 Å². The first-order chi connectivity index (χ1) is 13.6. The minimum Gasteiger partial charge on any atom is -0.289 e. The molecule has 4 rings (SSSR count). The van der Waals surface area contributed by atoms with Gasteiger partial charge in [-0.25, -0.2) is 8.78 Å². The Morgan fingerprint density at radius 3 is 1.68 bits per heavy atom. The number of halogens is 2. The second kappa shape index (κ2) is 7.80. The fraction of sp³-hybridized carbons (Fsp3) is 0.292. The molecule has 0 saturated carbocycles. The largest absolute Gasteiger partial charge is 0.289 e. The van der Waals surface area contributed by atoms with Gasteiger partial charge in [-0.1, -0.05) is 31.2 Å². The Labute approximate surface area is 164 Å². The molecule has 0 N–H and O–H groups in total. The molecule has 2 bridgehead atoms. The number of hydrogen-bond acceptors (Lipinski definition) is 2. The molecule has 2 fully saturated rings. The highest BCUT2D eigenvalue weighted by Gasteiger charge is 2.45. The molecule has 2 aromatic carbocycles. The molecule has 2 heterocycles. The molecular formula is C24H23F2NO. The molecule has 28 heavy (non-hydrogen) atoms. The van der Waals surface area contributed by atoms with Crippen LogP contribution in [0.4, 0.5) is 8.78 Å². The van der Waals surface area contributed by atoms with Crippen LogP contribution in [0.25, 0.3) is 12.2 Å². The fourth-order valence-electron chi connectivity index (χ4n) is 4.37. The van der Waals surface area contributed by atoms with Crippen molar-refractivity contribution in [3.8, 4) is 0 Å². The van der Waals surface area contributed by atoms with Crippen molar-refractivity contribution >= 4 is 17.9 Å². The summed E-state index contributed by atoms with van der Waals surface area (Å²) < 4.78 is 26.5. The Morgan fingerprint density at radius 2 is 1.29 bits per heavy atom. The Hall–Kier alpha value is -2.59. The molecule has 0 amide bonds. The van der Waals surface area contributed by atoms with Crippen LogP contribution in [0.5, 0.6) is 0 Å². The standard InChI is InChI=1S/C24H23F2NO/c1-2-13-27-22-11-12-23(27)21(15-17-5-9-19(26)10-6-17)24(28)20(22)14-16-3-7-18(25)8-4-16/h3-10,14-15,22-23H,2,11-13H2,1H3/b20-14+,21-15+. The second-order valence-electron chi connectivity index (χ2n) is 7.48. The van der Waals surface area contributed by atoms with E-state index in [4.69, 9.17) is 0 Å². The molecule has 0 radical (unpaired) electrons. The monoisotopic (exact) mass is 379 g/mol. The van der Waals surface area contributed by atoms with Gasteiger partial charge in [-0.3, -0.25) is 9.69 Å². The second-order valence-corrected chi connectivity index (χ2v) is 7.48. The highest BCUT2D eigenvalue weighted by molar-refractivity contribution is 6.16. The maximum Gasteiger partial charge on any atom is 0.188 e.